The molecule has 0 aliphatic carbocycles. The van der Waals surface area contributed by atoms with Crippen LogP contribution in [-0.2, 0) is 0 Å². The Labute approximate surface area is 201 Å². The van der Waals surface area contributed by atoms with E-state index in [-0.39, 0.29) is 5.91 Å². The smallest absolute Gasteiger partial charge is 0.255 e. The highest BCUT2D eigenvalue weighted by Crippen LogP contribution is 2.36. The normalized spacial score (nSPS) is 14.9. The highest BCUT2D eigenvalue weighted by atomic mass is 35.5. The predicted molar refractivity (Wildman–Crippen MR) is 137 cm³/mol. The minimum atomic E-state index is -0.126. The highest BCUT2D eigenvalue weighted by Gasteiger charge is 2.24. The Kier molecular flexibility index (Phi) is 7.36. The molecule has 1 fully saturated rings. The number of amides is 1. The van der Waals surface area contributed by atoms with Crippen molar-refractivity contribution in [1.82, 2.24) is 4.90 Å². The Bertz CT molecular complexity index is 1100. The molecule has 1 aliphatic rings. The molecule has 33 heavy (non-hydrogen) atoms. The summed E-state index contributed by atoms with van der Waals surface area (Å²) in [5.41, 5.74) is 4.63. The van der Waals surface area contributed by atoms with E-state index in [4.69, 9.17) is 16.3 Å². The SMILES string of the molecule is COc1ccc(NC(=O)c2ccc(-c3cccc(Cl)c3)cc2)cc1C1CCN(C(C)C)CC1. The second-order valence-corrected chi connectivity index (χ2v) is 9.34. The van der Waals surface area contributed by atoms with Crippen LogP contribution in [0, 0.1) is 0 Å². The van der Waals surface area contributed by atoms with E-state index in [1.54, 1.807) is 7.11 Å². The molecule has 0 aromatic heterocycles. The summed E-state index contributed by atoms with van der Waals surface area (Å²) in [5.74, 6) is 1.20. The molecule has 4 nitrogen and oxygen atoms in total. The minimum absolute atomic E-state index is 0.126. The third-order valence-corrected chi connectivity index (χ3v) is 6.73. The standard InChI is InChI=1S/C28H31ClN2O2/c1-19(2)31-15-13-21(14-16-31)26-18-25(11-12-27(26)33-3)30-28(32)22-9-7-20(8-10-22)23-5-4-6-24(29)17-23/h4-12,17-19,21H,13-16H2,1-3H3,(H,30,32). The van der Waals surface area contributed by atoms with Gasteiger partial charge in [0.1, 0.15) is 5.75 Å². The fourth-order valence-corrected chi connectivity index (χ4v) is 4.73. The molecule has 5 heteroatoms. The number of halogens is 1. The van der Waals surface area contributed by atoms with Crippen LogP contribution >= 0.6 is 11.6 Å². The monoisotopic (exact) mass is 462 g/mol. The molecule has 0 bridgehead atoms. The van der Waals surface area contributed by atoms with Crippen molar-refractivity contribution in [3.8, 4) is 16.9 Å². The number of likely N-dealkylation sites (tertiary alicyclic amines) is 1. The summed E-state index contributed by atoms with van der Waals surface area (Å²) in [4.78, 5) is 15.4. The fourth-order valence-electron chi connectivity index (χ4n) is 4.54. The van der Waals surface area contributed by atoms with E-state index in [2.05, 4.69) is 30.1 Å². The number of hydrogen-bond acceptors (Lipinski definition) is 3. The average Bonchev–Trinajstić information content (AvgIpc) is 2.84. The molecule has 172 valence electrons. The third-order valence-electron chi connectivity index (χ3n) is 6.49. The molecule has 1 N–H and O–H groups in total. The maximum absolute atomic E-state index is 12.9. The molecule has 0 radical (unpaired) electrons. The lowest BCUT2D eigenvalue weighted by molar-refractivity contribution is 0.102. The lowest BCUT2D eigenvalue weighted by Gasteiger charge is -2.35. The van der Waals surface area contributed by atoms with Gasteiger partial charge in [0.25, 0.3) is 5.91 Å². The minimum Gasteiger partial charge on any atom is -0.496 e. The van der Waals surface area contributed by atoms with Gasteiger partial charge in [0.2, 0.25) is 0 Å². The van der Waals surface area contributed by atoms with Crippen LogP contribution in [0.2, 0.25) is 5.02 Å². The number of methoxy groups -OCH3 is 1. The van der Waals surface area contributed by atoms with Gasteiger partial charge in [0.15, 0.2) is 0 Å². The number of anilines is 1. The Morgan fingerprint density at radius 2 is 1.73 bits per heavy atom. The van der Waals surface area contributed by atoms with E-state index in [1.807, 2.05) is 60.7 Å². The van der Waals surface area contributed by atoms with Crippen molar-refractivity contribution in [3.05, 3.63) is 82.9 Å². The van der Waals surface area contributed by atoms with Gasteiger partial charge < -0.3 is 15.0 Å². The number of nitrogens with one attached hydrogen (secondary N) is 1. The first-order valence-electron chi connectivity index (χ1n) is 11.5. The molecule has 1 saturated heterocycles. The average molecular weight is 463 g/mol. The van der Waals surface area contributed by atoms with Crippen molar-refractivity contribution in [3.63, 3.8) is 0 Å². The highest BCUT2D eigenvalue weighted by molar-refractivity contribution is 6.30. The second kappa shape index (κ2) is 10.4. The van der Waals surface area contributed by atoms with Crippen LogP contribution in [0.5, 0.6) is 5.75 Å². The number of carbonyl (C=O) groups excluding carboxylic acids is 1. The van der Waals surface area contributed by atoms with Crippen LogP contribution in [0.1, 0.15) is 48.5 Å². The zero-order valence-electron chi connectivity index (χ0n) is 19.5. The molecule has 0 spiro atoms. The first kappa shape index (κ1) is 23.3. The van der Waals surface area contributed by atoms with Crippen molar-refractivity contribution >= 4 is 23.2 Å². The van der Waals surface area contributed by atoms with Gasteiger partial charge in [-0.05, 0) is 105 Å². The lowest BCUT2D eigenvalue weighted by atomic mass is 9.88. The van der Waals surface area contributed by atoms with E-state index in [0.29, 0.717) is 22.5 Å². The summed E-state index contributed by atoms with van der Waals surface area (Å²) >= 11 is 6.10. The summed E-state index contributed by atoms with van der Waals surface area (Å²) < 4.78 is 5.65. The number of ether oxygens (including phenoxy) is 1. The van der Waals surface area contributed by atoms with Crippen LogP contribution in [0.25, 0.3) is 11.1 Å². The maximum Gasteiger partial charge on any atom is 0.255 e. The van der Waals surface area contributed by atoms with E-state index >= 15 is 0 Å². The first-order chi connectivity index (χ1) is 15.9. The molecular weight excluding hydrogens is 432 g/mol. The van der Waals surface area contributed by atoms with Gasteiger partial charge in [0.05, 0.1) is 7.11 Å². The van der Waals surface area contributed by atoms with Crippen molar-refractivity contribution in [2.75, 3.05) is 25.5 Å². The van der Waals surface area contributed by atoms with E-state index in [9.17, 15) is 4.79 Å². The van der Waals surface area contributed by atoms with Crippen LogP contribution in [0.3, 0.4) is 0 Å². The molecule has 1 heterocycles. The van der Waals surface area contributed by atoms with Crippen LogP contribution in [0.15, 0.2) is 66.7 Å². The summed E-state index contributed by atoms with van der Waals surface area (Å²) in [5, 5.41) is 3.75. The predicted octanol–water partition coefficient (Wildman–Crippen LogP) is 6.86. The number of nitrogens with zero attached hydrogens (tertiary/aromatic N) is 1. The Hall–Kier alpha value is -2.82. The van der Waals surface area contributed by atoms with Crippen LogP contribution in [-0.4, -0.2) is 37.0 Å². The molecule has 4 rings (SSSR count). The third kappa shape index (κ3) is 5.58. The van der Waals surface area contributed by atoms with Gasteiger partial charge in [-0.1, -0.05) is 35.9 Å². The van der Waals surface area contributed by atoms with Gasteiger partial charge in [0, 0.05) is 22.3 Å². The summed E-state index contributed by atoms with van der Waals surface area (Å²) in [6.45, 7) is 6.67. The Balaban J connectivity index is 1.47. The lowest BCUT2D eigenvalue weighted by Crippen LogP contribution is -2.37. The van der Waals surface area contributed by atoms with E-state index in [1.165, 1.54) is 5.56 Å². The number of piperidine rings is 1. The summed E-state index contributed by atoms with van der Waals surface area (Å²) in [6, 6.07) is 21.8. The van der Waals surface area contributed by atoms with Crippen molar-refractivity contribution in [2.45, 2.75) is 38.6 Å². The maximum atomic E-state index is 12.9. The molecule has 0 unspecified atom stereocenters. The van der Waals surface area contributed by atoms with E-state index < -0.39 is 0 Å². The van der Waals surface area contributed by atoms with Crippen LogP contribution < -0.4 is 10.1 Å². The largest absolute Gasteiger partial charge is 0.496 e. The molecule has 0 saturated carbocycles. The van der Waals surface area contributed by atoms with Crippen molar-refractivity contribution in [1.29, 1.82) is 0 Å². The van der Waals surface area contributed by atoms with Crippen LogP contribution in [0.4, 0.5) is 5.69 Å². The van der Waals surface area contributed by atoms with Gasteiger partial charge >= 0.3 is 0 Å². The number of rotatable bonds is 6. The second-order valence-electron chi connectivity index (χ2n) is 8.90. The molecule has 0 atom stereocenters. The molecule has 3 aromatic rings. The van der Waals surface area contributed by atoms with Gasteiger partial charge in [-0.25, -0.2) is 0 Å². The topological polar surface area (TPSA) is 41.6 Å². The number of benzene rings is 3. The van der Waals surface area contributed by atoms with Crippen molar-refractivity contribution < 1.29 is 9.53 Å². The van der Waals surface area contributed by atoms with Crippen molar-refractivity contribution in [2.24, 2.45) is 0 Å². The van der Waals surface area contributed by atoms with Gasteiger partial charge in [-0.2, -0.15) is 0 Å². The zero-order valence-corrected chi connectivity index (χ0v) is 20.2. The zero-order chi connectivity index (χ0) is 23.4. The molecule has 3 aromatic carbocycles. The van der Waals surface area contributed by atoms with Gasteiger partial charge in [-0.15, -0.1) is 0 Å². The Morgan fingerprint density at radius 1 is 1.00 bits per heavy atom. The Morgan fingerprint density at radius 3 is 2.36 bits per heavy atom. The molecular formula is C28H31ClN2O2. The molecule has 1 amide bonds. The van der Waals surface area contributed by atoms with Gasteiger partial charge in [-0.3, -0.25) is 4.79 Å². The summed E-state index contributed by atoms with van der Waals surface area (Å²) in [6.07, 6.45) is 2.19. The summed E-state index contributed by atoms with van der Waals surface area (Å²) in [7, 11) is 1.71. The quantitative estimate of drug-likeness (QED) is 0.435. The van der Waals surface area contributed by atoms with E-state index in [0.717, 1.165) is 48.5 Å². The fraction of sp³-hybridized carbons (Fsp3) is 0.321. The number of carbonyl (C=O) groups is 1. The first-order valence-corrected chi connectivity index (χ1v) is 11.9. The molecule has 1 aliphatic heterocycles. The number of hydrogen-bond donors (Lipinski definition) is 1.